The van der Waals surface area contributed by atoms with Gasteiger partial charge in [-0.25, -0.2) is 0 Å². The van der Waals surface area contributed by atoms with Crippen LogP contribution in [0.1, 0.15) is 56.6 Å². The van der Waals surface area contributed by atoms with Crippen LogP contribution in [0, 0.1) is 5.92 Å². The van der Waals surface area contributed by atoms with E-state index in [1.165, 1.54) is 44.1 Å². The van der Waals surface area contributed by atoms with Gasteiger partial charge in [0, 0.05) is 6.04 Å². The molecule has 1 aliphatic carbocycles. The summed E-state index contributed by atoms with van der Waals surface area (Å²) < 4.78 is 5.26. The van der Waals surface area contributed by atoms with Gasteiger partial charge < -0.3 is 10.5 Å². The van der Waals surface area contributed by atoms with Gasteiger partial charge in [-0.2, -0.15) is 0 Å². The van der Waals surface area contributed by atoms with Crippen molar-refractivity contribution in [3.05, 3.63) is 29.8 Å². The number of benzene rings is 1. The van der Waals surface area contributed by atoms with Crippen molar-refractivity contribution >= 4 is 0 Å². The highest BCUT2D eigenvalue weighted by Gasteiger charge is 2.17. The molecule has 1 aromatic carbocycles. The molecule has 1 unspecified atom stereocenters. The molecule has 0 bridgehead atoms. The van der Waals surface area contributed by atoms with Crippen LogP contribution in [0.15, 0.2) is 24.3 Å². The third-order valence-corrected chi connectivity index (χ3v) is 4.08. The van der Waals surface area contributed by atoms with Crippen molar-refractivity contribution in [3.8, 4) is 5.75 Å². The van der Waals surface area contributed by atoms with E-state index >= 15 is 0 Å². The first-order valence-corrected chi connectivity index (χ1v) is 7.19. The highest BCUT2D eigenvalue weighted by molar-refractivity contribution is 5.30. The highest BCUT2D eigenvalue weighted by Crippen LogP contribution is 2.30. The summed E-state index contributed by atoms with van der Waals surface area (Å²) in [6.45, 7) is 0. The Kier molecular flexibility index (Phi) is 5.06. The zero-order valence-corrected chi connectivity index (χ0v) is 11.4. The highest BCUT2D eigenvalue weighted by atomic mass is 16.5. The maximum absolute atomic E-state index is 6.34. The Morgan fingerprint density at radius 1 is 1.22 bits per heavy atom. The van der Waals surface area contributed by atoms with Gasteiger partial charge in [0.05, 0.1) is 7.11 Å². The van der Waals surface area contributed by atoms with Crippen LogP contribution in [-0.4, -0.2) is 7.11 Å². The Labute approximate surface area is 111 Å². The molecule has 2 heteroatoms. The van der Waals surface area contributed by atoms with E-state index in [1.54, 1.807) is 7.11 Å². The van der Waals surface area contributed by atoms with Crippen LogP contribution in [0.2, 0.25) is 0 Å². The summed E-state index contributed by atoms with van der Waals surface area (Å²) in [4.78, 5) is 0. The lowest BCUT2D eigenvalue weighted by Gasteiger charge is -2.20. The average molecular weight is 247 g/mol. The van der Waals surface area contributed by atoms with Crippen LogP contribution < -0.4 is 10.5 Å². The second-order valence-corrected chi connectivity index (χ2v) is 5.48. The second kappa shape index (κ2) is 6.79. The zero-order valence-electron chi connectivity index (χ0n) is 11.4. The van der Waals surface area contributed by atoms with E-state index < -0.39 is 0 Å². The van der Waals surface area contributed by atoms with E-state index in [0.29, 0.717) is 0 Å². The molecule has 0 aromatic heterocycles. The minimum Gasteiger partial charge on any atom is -0.497 e. The Hall–Kier alpha value is -1.02. The number of rotatable bonds is 4. The Bertz CT molecular complexity index is 356. The maximum atomic E-state index is 6.34. The van der Waals surface area contributed by atoms with E-state index in [-0.39, 0.29) is 6.04 Å². The summed E-state index contributed by atoms with van der Waals surface area (Å²) >= 11 is 0. The molecule has 0 saturated heterocycles. The molecule has 0 spiro atoms. The van der Waals surface area contributed by atoms with Crippen molar-refractivity contribution in [2.45, 2.75) is 51.0 Å². The van der Waals surface area contributed by atoms with Gasteiger partial charge >= 0.3 is 0 Å². The van der Waals surface area contributed by atoms with Crippen LogP contribution >= 0.6 is 0 Å². The fraction of sp³-hybridized carbons (Fsp3) is 0.625. The lowest BCUT2D eigenvalue weighted by Crippen LogP contribution is -2.15. The fourth-order valence-electron chi connectivity index (χ4n) is 2.97. The smallest absolute Gasteiger partial charge is 0.119 e. The molecule has 1 fully saturated rings. The largest absolute Gasteiger partial charge is 0.497 e. The third kappa shape index (κ3) is 3.74. The van der Waals surface area contributed by atoms with Crippen molar-refractivity contribution in [2.24, 2.45) is 11.7 Å². The molecule has 100 valence electrons. The normalized spacial score (nSPS) is 19.2. The molecule has 2 rings (SSSR count). The molecule has 1 aliphatic rings. The summed E-state index contributed by atoms with van der Waals surface area (Å²) in [6.07, 6.45) is 9.42. The van der Waals surface area contributed by atoms with Gasteiger partial charge in [0.1, 0.15) is 5.75 Å². The molecule has 1 saturated carbocycles. The summed E-state index contributed by atoms with van der Waals surface area (Å²) in [6, 6.07) is 8.34. The monoisotopic (exact) mass is 247 g/mol. The van der Waals surface area contributed by atoms with E-state index in [4.69, 9.17) is 10.5 Å². The fourth-order valence-corrected chi connectivity index (χ4v) is 2.97. The Morgan fingerprint density at radius 3 is 2.61 bits per heavy atom. The standard InChI is InChI=1S/C16H25NO/c1-18-15-10-6-9-14(12-15)16(17)11-13-7-4-2-3-5-8-13/h6,9-10,12-13,16H,2-5,7-8,11,17H2,1H3. The van der Waals surface area contributed by atoms with E-state index in [9.17, 15) is 0 Å². The first kappa shape index (κ1) is 13.4. The van der Waals surface area contributed by atoms with Gasteiger partial charge in [-0.15, -0.1) is 0 Å². The van der Waals surface area contributed by atoms with Crippen molar-refractivity contribution in [1.82, 2.24) is 0 Å². The van der Waals surface area contributed by atoms with Crippen molar-refractivity contribution in [1.29, 1.82) is 0 Å². The predicted octanol–water partition coefficient (Wildman–Crippen LogP) is 4.06. The first-order chi connectivity index (χ1) is 8.79. The number of nitrogens with two attached hydrogens (primary N) is 1. The van der Waals surface area contributed by atoms with Crippen LogP contribution in [0.5, 0.6) is 5.75 Å². The zero-order chi connectivity index (χ0) is 12.8. The van der Waals surface area contributed by atoms with Crippen molar-refractivity contribution in [3.63, 3.8) is 0 Å². The third-order valence-electron chi connectivity index (χ3n) is 4.08. The molecule has 1 atom stereocenters. The molecule has 18 heavy (non-hydrogen) atoms. The molecule has 1 aromatic rings. The number of methoxy groups -OCH3 is 1. The van der Waals surface area contributed by atoms with E-state index in [0.717, 1.165) is 18.1 Å². The van der Waals surface area contributed by atoms with Gasteiger partial charge in [-0.3, -0.25) is 0 Å². The molecule has 0 aliphatic heterocycles. The van der Waals surface area contributed by atoms with E-state index in [1.807, 2.05) is 12.1 Å². The van der Waals surface area contributed by atoms with Crippen molar-refractivity contribution in [2.75, 3.05) is 7.11 Å². The van der Waals surface area contributed by atoms with Crippen LogP contribution in [0.4, 0.5) is 0 Å². The molecular formula is C16H25NO. The first-order valence-electron chi connectivity index (χ1n) is 7.19. The average Bonchev–Trinajstić information content (AvgIpc) is 2.67. The summed E-state index contributed by atoms with van der Waals surface area (Å²) in [7, 11) is 1.70. The van der Waals surface area contributed by atoms with Gasteiger partial charge in [0.15, 0.2) is 0 Å². The molecular weight excluding hydrogens is 222 g/mol. The van der Waals surface area contributed by atoms with Crippen molar-refractivity contribution < 1.29 is 4.74 Å². The summed E-state index contributed by atoms with van der Waals surface area (Å²) in [5, 5.41) is 0. The van der Waals surface area contributed by atoms with Gasteiger partial charge in [-0.05, 0) is 30.0 Å². The topological polar surface area (TPSA) is 35.2 Å². The van der Waals surface area contributed by atoms with Gasteiger partial charge in [0.2, 0.25) is 0 Å². The van der Waals surface area contributed by atoms with Crippen LogP contribution in [0.25, 0.3) is 0 Å². The second-order valence-electron chi connectivity index (χ2n) is 5.48. The number of hydrogen-bond acceptors (Lipinski definition) is 2. The lowest BCUT2D eigenvalue weighted by atomic mass is 9.90. The van der Waals surface area contributed by atoms with Gasteiger partial charge in [-0.1, -0.05) is 50.7 Å². The quantitative estimate of drug-likeness (QED) is 0.814. The predicted molar refractivity (Wildman–Crippen MR) is 75.7 cm³/mol. The summed E-state index contributed by atoms with van der Waals surface area (Å²) in [5.41, 5.74) is 7.55. The Morgan fingerprint density at radius 2 is 1.94 bits per heavy atom. The molecule has 0 heterocycles. The maximum Gasteiger partial charge on any atom is 0.119 e. The lowest BCUT2D eigenvalue weighted by molar-refractivity contribution is 0.389. The SMILES string of the molecule is COc1cccc(C(N)CC2CCCCCC2)c1. The molecule has 2 nitrogen and oxygen atoms in total. The van der Waals surface area contributed by atoms with Crippen LogP contribution in [0.3, 0.4) is 0 Å². The molecule has 0 amide bonds. The minimum absolute atomic E-state index is 0.156. The number of ether oxygens (including phenoxy) is 1. The summed E-state index contributed by atoms with van der Waals surface area (Å²) in [5.74, 6) is 1.72. The Balaban J connectivity index is 1.95. The molecule has 0 radical (unpaired) electrons. The van der Waals surface area contributed by atoms with Crippen LogP contribution in [-0.2, 0) is 0 Å². The van der Waals surface area contributed by atoms with E-state index in [2.05, 4.69) is 12.1 Å². The molecule has 2 N–H and O–H groups in total. The van der Waals surface area contributed by atoms with Gasteiger partial charge in [0.25, 0.3) is 0 Å². The number of hydrogen-bond donors (Lipinski definition) is 1. The minimum atomic E-state index is 0.156.